The Morgan fingerprint density at radius 3 is 2.62 bits per heavy atom. The second-order valence-electron chi connectivity index (χ2n) is 5.86. The Bertz CT molecular complexity index is 1060. The van der Waals surface area contributed by atoms with E-state index < -0.39 is 5.97 Å². The van der Waals surface area contributed by atoms with Gasteiger partial charge in [0, 0.05) is 11.1 Å². The summed E-state index contributed by atoms with van der Waals surface area (Å²) in [5, 5.41) is 13.2. The molecule has 7 nitrogen and oxygen atoms in total. The van der Waals surface area contributed by atoms with Crippen LogP contribution in [0.2, 0.25) is 5.02 Å². The lowest BCUT2D eigenvalue weighted by Crippen LogP contribution is -2.17. The zero-order valence-corrected chi connectivity index (χ0v) is 16.1. The predicted octanol–water partition coefficient (Wildman–Crippen LogP) is 4.46. The van der Waals surface area contributed by atoms with Crippen molar-refractivity contribution in [3.05, 3.63) is 76.5 Å². The number of nitrogens with one attached hydrogen (secondary N) is 1. The molecule has 1 aromatic heterocycles. The van der Waals surface area contributed by atoms with Gasteiger partial charge in [-0.3, -0.25) is 4.79 Å². The van der Waals surface area contributed by atoms with Gasteiger partial charge >= 0.3 is 5.97 Å². The van der Waals surface area contributed by atoms with Crippen LogP contribution in [0.15, 0.2) is 64.1 Å². The fraction of sp³-hybridized carbons (Fsp3) is 0.0952. The van der Waals surface area contributed by atoms with Gasteiger partial charge in [-0.05, 0) is 61.5 Å². The number of carbonyl (C=O) groups is 2. The lowest BCUT2D eigenvalue weighted by atomic mass is 10.1. The van der Waals surface area contributed by atoms with Crippen LogP contribution in [0.4, 0.5) is 0 Å². The molecule has 3 rings (SSSR count). The first kappa shape index (κ1) is 20.2. The van der Waals surface area contributed by atoms with Crippen LogP contribution in [0, 0.1) is 0 Å². The number of hydrogen-bond acceptors (Lipinski definition) is 5. The van der Waals surface area contributed by atoms with Crippen LogP contribution >= 0.6 is 11.6 Å². The van der Waals surface area contributed by atoms with Gasteiger partial charge < -0.3 is 14.3 Å². The summed E-state index contributed by atoms with van der Waals surface area (Å²) in [6.07, 6.45) is 1.35. The Balaban J connectivity index is 1.65. The molecule has 0 atom stereocenters. The fourth-order valence-corrected chi connectivity index (χ4v) is 2.71. The second kappa shape index (κ2) is 9.07. The summed E-state index contributed by atoms with van der Waals surface area (Å²) in [5.74, 6) is 0.0215. The van der Waals surface area contributed by atoms with Crippen LogP contribution in [-0.2, 0) is 0 Å². The van der Waals surface area contributed by atoms with Crippen LogP contribution in [0.3, 0.4) is 0 Å². The van der Waals surface area contributed by atoms with E-state index in [2.05, 4.69) is 10.5 Å². The van der Waals surface area contributed by atoms with E-state index in [1.54, 1.807) is 42.5 Å². The van der Waals surface area contributed by atoms with Gasteiger partial charge in [-0.2, -0.15) is 5.10 Å². The Morgan fingerprint density at radius 1 is 1.17 bits per heavy atom. The third-order valence-corrected chi connectivity index (χ3v) is 4.22. The molecule has 0 spiro atoms. The first-order valence-corrected chi connectivity index (χ1v) is 9.05. The minimum absolute atomic E-state index is 0.0154. The normalized spacial score (nSPS) is 10.8. The zero-order chi connectivity index (χ0) is 20.8. The Morgan fingerprint density at radius 2 is 1.93 bits per heavy atom. The molecule has 0 fully saturated rings. The molecule has 0 radical (unpaired) electrons. The number of benzene rings is 2. The Kier molecular flexibility index (Phi) is 6.31. The number of hydrogen-bond donors (Lipinski definition) is 2. The van der Waals surface area contributed by atoms with Gasteiger partial charge in [-0.1, -0.05) is 11.6 Å². The minimum atomic E-state index is -1.12. The number of carboxylic acid groups (broad SMARTS) is 1. The van der Waals surface area contributed by atoms with Gasteiger partial charge in [0.05, 0.1) is 23.4 Å². The van der Waals surface area contributed by atoms with Gasteiger partial charge in [0.1, 0.15) is 17.3 Å². The third-order valence-electron chi connectivity index (χ3n) is 3.89. The number of carbonyl (C=O) groups excluding carboxylic acids is 1. The first-order valence-electron chi connectivity index (χ1n) is 8.67. The number of halogens is 1. The number of amides is 1. The molecule has 2 aromatic carbocycles. The molecule has 1 amide bonds. The van der Waals surface area contributed by atoms with E-state index in [9.17, 15) is 9.59 Å². The van der Waals surface area contributed by atoms with Crippen molar-refractivity contribution in [2.45, 2.75) is 6.92 Å². The SMILES string of the molecule is CCOc1ccc(C(=O)N/N=C\c2ccc(-c3ccc(Cl)c(C(=O)O)c3)o2)cc1. The van der Waals surface area contributed by atoms with Crippen molar-refractivity contribution in [2.24, 2.45) is 5.10 Å². The van der Waals surface area contributed by atoms with Gasteiger partial charge in [-0.25, -0.2) is 10.2 Å². The fourth-order valence-electron chi connectivity index (χ4n) is 2.51. The van der Waals surface area contributed by atoms with Crippen LogP contribution < -0.4 is 10.2 Å². The number of ether oxygens (including phenoxy) is 1. The molecule has 3 aromatic rings. The number of furan rings is 1. The van der Waals surface area contributed by atoms with Crippen molar-refractivity contribution < 1.29 is 23.8 Å². The van der Waals surface area contributed by atoms with Crippen LogP contribution in [0.25, 0.3) is 11.3 Å². The smallest absolute Gasteiger partial charge is 0.337 e. The molecule has 0 saturated heterocycles. The molecule has 2 N–H and O–H groups in total. The molecule has 0 bridgehead atoms. The molecular formula is C21H17ClN2O5. The number of aromatic carboxylic acids is 1. The highest BCUT2D eigenvalue weighted by Gasteiger charge is 2.12. The lowest BCUT2D eigenvalue weighted by molar-refractivity contribution is 0.0697. The maximum Gasteiger partial charge on any atom is 0.337 e. The molecule has 148 valence electrons. The van der Waals surface area contributed by atoms with E-state index in [1.807, 2.05) is 6.92 Å². The van der Waals surface area contributed by atoms with Crippen molar-refractivity contribution in [2.75, 3.05) is 6.61 Å². The minimum Gasteiger partial charge on any atom is -0.494 e. The number of rotatable bonds is 7. The highest BCUT2D eigenvalue weighted by atomic mass is 35.5. The van der Waals surface area contributed by atoms with Gasteiger partial charge in [0.25, 0.3) is 5.91 Å². The summed E-state index contributed by atoms with van der Waals surface area (Å²) >= 11 is 5.88. The van der Waals surface area contributed by atoms with Gasteiger partial charge in [0.15, 0.2) is 0 Å². The summed E-state index contributed by atoms with van der Waals surface area (Å²) in [5.41, 5.74) is 3.40. The number of nitrogens with zero attached hydrogens (tertiary/aromatic N) is 1. The summed E-state index contributed by atoms with van der Waals surface area (Å²) in [6, 6.07) is 14.6. The van der Waals surface area contributed by atoms with E-state index >= 15 is 0 Å². The van der Waals surface area contributed by atoms with Gasteiger partial charge in [0.2, 0.25) is 0 Å². The second-order valence-corrected chi connectivity index (χ2v) is 6.27. The van der Waals surface area contributed by atoms with E-state index in [4.69, 9.17) is 25.9 Å². The average Bonchev–Trinajstić information content (AvgIpc) is 3.18. The molecule has 1 heterocycles. The van der Waals surface area contributed by atoms with Gasteiger partial charge in [-0.15, -0.1) is 0 Å². The molecule has 0 aliphatic heterocycles. The maximum atomic E-state index is 12.1. The molecule has 0 aliphatic rings. The van der Waals surface area contributed by atoms with Crippen LogP contribution in [0.1, 0.15) is 33.4 Å². The van der Waals surface area contributed by atoms with Crippen molar-refractivity contribution in [3.8, 4) is 17.1 Å². The molecule has 0 saturated carbocycles. The van der Waals surface area contributed by atoms with Crippen molar-refractivity contribution in [3.63, 3.8) is 0 Å². The molecule has 0 unspecified atom stereocenters. The highest BCUT2D eigenvalue weighted by Crippen LogP contribution is 2.26. The van der Waals surface area contributed by atoms with Crippen molar-refractivity contribution >= 4 is 29.7 Å². The third kappa shape index (κ3) is 5.03. The molecule has 0 aliphatic carbocycles. The first-order chi connectivity index (χ1) is 14.0. The van der Waals surface area contributed by atoms with Crippen LogP contribution in [0.5, 0.6) is 5.75 Å². The molecular weight excluding hydrogens is 396 g/mol. The predicted molar refractivity (Wildman–Crippen MR) is 109 cm³/mol. The van der Waals surface area contributed by atoms with E-state index in [0.29, 0.717) is 35.0 Å². The molecule has 29 heavy (non-hydrogen) atoms. The zero-order valence-electron chi connectivity index (χ0n) is 15.4. The monoisotopic (exact) mass is 412 g/mol. The van der Waals surface area contributed by atoms with E-state index in [0.717, 1.165) is 0 Å². The molecule has 8 heteroatoms. The van der Waals surface area contributed by atoms with Crippen LogP contribution in [-0.4, -0.2) is 29.8 Å². The van der Waals surface area contributed by atoms with Crippen molar-refractivity contribution in [1.29, 1.82) is 0 Å². The summed E-state index contributed by atoms with van der Waals surface area (Å²) in [4.78, 5) is 23.3. The topological polar surface area (TPSA) is 101 Å². The lowest BCUT2D eigenvalue weighted by Gasteiger charge is -2.03. The summed E-state index contributed by atoms with van der Waals surface area (Å²) in [6.45, 7) is 2.43. The number of hydrazone groups is 1. The largest absolute Gasteiger partial charge is 0.494 e. The number of carboxylic acids is 1. The van der Waals surface area contributed by atoms with E-state index in [-0.39, 0.29) is 16.5 Å². The Hall–Kier alpha value is -3.58. The highest BCUT2D eigenvalue weighted by molar-refractivity contribution is 6.33. The maximum absolute atomic E-state index is 12.1. The van der Waals surface area contributed by atoms with Crippen molar-refractivity contribution in [1.82, 2.24) is 5.43 Å². The Labute approximate surface area is 171 Å². The average molecular weight is 413 g/mol. The standard InChI is InChI=1S/C21H17ClN2O5/c1-2-28-15-6-3-13(4-7-15)20(25)24-23-12-16-8-10-19(29-16)14-5-9-18(22)17(11-14)21(26)27/h3-12H,2H2,1H3,(H,24,25)(H,26,27)/b23-12-. The summed E-state index contributed by atoms with van der Waals surface area (Å²) in [7, 11) is 0. The summed E-state index contributed by atoms with van der Waals surface area (Å²) < 4.78 is 11.0. The van der Waals surface area contributed by atoms with E-state index in [1.165, 1.54) is 18.3 Å². The quantitative estimate of drug-likeness (QED) is 0.440.